The van der Waals surface area contributed by atoms with Crippen molar-refractivity contribution in [2.75, 3.05) is 44.7 Å². The van der Waals surface area contributed by atoms with E-state index < -0.39 is 17.7 Å². The molecule has 0 bridgehead atoms. The molecule has 1 fully saturated rings. The summed E-state index contributed by atoms with van der Waals surface area (Å²) in [5, 5.41) is 3.10. The fourth-order valence-corrected chi connectivity index (χ4v) is 3.38. The highest BCUT2D eigenvalue weighted by atomic mass is 35.5. The zero-order valence-electron chi connectivity index (χ0n) is 16.0. The molecule has 0 atom stereocenters. The van der Waals surface area contributed by atoms with Gasteiger partial charge < -0.3 is 15.0 Å². The summed E-state index contributed by atoms with van der Waals surface area (Å²) in [6.45, 7) is 4.77. The van der Waals surface area contributed by atoms with E-state index >= 15 is 0 Å². The lowest BCUT2D eigenvalue weighted by molar-refractivity contribution is 0.0365. The van der Waals surface area contributed by atoms with E-state index in [0.29, 0.717) is 24.8 Å². The van der Waals surface area contributed by atoms with Gasteiger partial charge in [0.1, 0.15) is 11.6 Å². The first-order chi connectivity index (χ1) is 14.0. The number of carbonyl (C=O) groups excluding carboxylic acids is 1. The monoisotopic (exact) mass is 423 g/mol. The summed E-state index contributed by atoms with van der Waals surface area (Å²) in [5.41, 5.74) is 0.740. The van der Waals surface area contributed by atoms with Crippen LogP contribution in [0.4, 0.5) is 19.3 Å². The number of halogens is 3. The normalized spacial score (nSPS) is 14.6. The van der Waals surface area contributed by atoms with Crippen molar-refractivity contribution >= 4 is 23.3 Å². The minimum absolute atomic E-state index is 0.0614. The van der Waals surface area contributed by atoms with Crippen LogP contribution in [0.2, 0.25) is 5.02 Å². The van der Waals surface area contributed by atoms with Gasteiger partial charge in [-0.25, -0.2) is 13.6 Å². The maximum absolute atomic E-state index is 13.9. The van der Waals surface area contributed by atoms with Crippen molar-refractivity contribution in [3.63, 3.8) is 0 Å². The van der Waals surface area contributed by atoms with Gasteiger partial charge in [-0.2, -0.15) is 0 Å². The van der Waals surface area contributed by atoms with Gasteiger partial charge in [0, 0.05) is 43.8 Å². The molecule has 0 spiro atoms. The van der Waals surface area contributed by atoms with Gasteiger partial charge in [-0.1, -0.05) is 29.8 Å². The fraction of sp³-hybridized carbons (Fsp3) is 0.381. The zero-order valence-corrected chi connectivity index (χ0v) is 16.8. The predicted molar refractivity (Wildman–Crippen MR) is 109 cm³/mol. The Morgan fingerprint density at radius 3 is 2.66 bits per heavy atom. The maximum Gasteiger partial charge on any atom is 0.322 e. The Bertz CT molecular complexity index is 831. The van der Waals surface area contributed by atoms with Gasteiger partial charge in [-0.05, 0) is 30.2 Å². The lowest BCUT2D eigenvalue weighted by Crippen LogP contribution is -2.40. The van der Waals surface area contributed by atoms with E-state index in [1.807, 2.05) is 18.2 Å². The molecular formula is C21H24ClF2N3O2. The van der Waals surface area contributed by atoms with E-state index in [1.54, 1.807) is 11.0 Å². The molecule has 8 heteroatoms. The number of nitrogens with zero attached hydrogens (tertiary/aromatic N) is 2. The molecule has 1 aliphatic rings. The Kier molecular flexibility index (Phi) is 7.80. The lowest BCUT2D eigenvalue weighted by atomic mass is 10.2. The first kappa shape index (κ1) is 21.5. The number of hydrogen-bond donors (Lipinski definition) is 1. The van der Waals surface area contributed by atoms with Gasteiger partial charge in [0.2, 0.25) is 0 Å². The van der Waals surface area contributed by atoms with Crippen LogP contribution in [0.25, 0.3) is 0 Å². The van der Waals surface area contributed by atoms with Crippen LogP contribution in [-0.4, -0.2) is 55.2 Å². The minimum Gasteiger partial charge on any atom is -0.379 e. The van der Waals surface area contributed by atoms with Gasteiger partial charge in [0.15, 0.2) is 0 Å². The minimum atomic E-state index is -0.815. The highest BCUT2D eigenvalue weighted by molar-refractivity contribution is 6.31. The van der Waals surface area contributed by atoms with Gasteiger partial charge in [0.05, 0.1) is 18.9 Å². The van der Waals surface area contributed by atoms with Crippen LogP contribution >= 0.6 is 11.6 Å². The zero-order chi connectivity index (χ0) is 20.6. The first-order valence-corrected chi connectivity index (χ1v) is 9.95. The number of ether oxygens (including phenoxy) is 1. The van der Waals surface area contributed by atoms with E-state index in [2.05, 4.69) is 10.2 Å². The second-order valence-corrected chi connectivity index (χ2v) is 7.28. The third-order valence-electron chi connectivity index (χ3n) is 4.79. The molecule has 0 aromatic heterocycles. The van der Waals surface area contributed by atoms with Crippen molar-refractivity contribution < 1.29 is 18.3 Å². The number of urea groups is 1. The summed E-state index contributed by atoms with van der Waals surface area (Å²) in [6.07, 6.45) is 0.754. The SMILES string of the molecule is O=C(Nc1ccc(F)cc1F)N(CCCN1CCOCC1)Cc1ccccc1Cl. The van der Waals surface area contributed by atoms with Gasteiger partial charge >= 0.3 is 6.03 Å². The van der Waals surface area contributed by atoms with Crippen LogP contribution < -0.4 is 5.32 Å². The van der Waals surface area contributed by atoms with E-state index in [0.717, 1.165) is 43.8 Å². The third kappa shape index (κ3) is 6.39. The van der Waals surface area contributed by atoms with Gasteiger partial charge in [0.25, 0.3) is 0 Å². The molecule has 0 radical (unpaired) electrons. The number of carbonyl (C=O) groups is 1. The molecule has 1 heterocycles. The Hall–Kier alpha value is -2.22. The molecule has 2 amide bonds. The van der Waals surface area contributed by atoms with Crippen LogP contribution in [0, 0.1) is 11.6 Å². The summed E-state index contributed by atoms with van der Waals surface area (Å²) < 4.78 is 32.4. The van der Waals surface area contributed by atoms with E-state index in [1.165, 1.54) is 6.07 Å². The Morgan fingerprint density at radius 1 is 1.17 bits per heavy atom. The highest BCUT2D eigenvalue weighted by Crippen LogP contribution is 2.20. The van der Waals surface area contributed by atoms with Crippen LogP contribution in [0.15, 0.2) is 42.5 Å². The van der Waals surface area contributed by atoms with Crippen molar-refractivity contribution in [1.29, 1.82) is 0 Å². The summed E-state index contributed by atoms with van der Waals surface area (Å²) in [4.78, 5) is 16.7. The van der Waals surface area contributed by atoms with Crippen molar-refractivity contribution in [2.45, 2.75) is 13.0 Å². The third-order valence-corrected chi connectivity index (χ3v) is 5.15. The Balaban J connectivity index is 1.66. The average Bonchev–Trinajstić information content (AvgIpc) is 2.71. The summed E-state index contributed by atoms with van der Waals surface area (Å²) in [5.74, 6) is -1.51. The number of rotatable bonds is 7. The molecule has 1 aliphatic heterocycles. The number of morpholine rings is 1. The number of hydrogen-bond acceptors (Lipinski definition) is 3. The molecule has 2 aromatic rings. The van der Waals surface area contributed by atoms with Gasteiger partial charge in [-0.3, -0.25) is 4.90 Å². The molecule has 0 saturated carbocycles. The molecule has 1 N–H and O–H groups in total. The smallest absolute Gasteiger partial charge is 0.322 e. The fourth-order valence-electron chi connectivity index (χ4n) is 3.18. The summed E-state index contributed by atoms with van der Waals surface area (Å²) in [7, 11) is 0. The highest BCUT2D eigenvalue weighted by Gasteiger charge is 2.18. The Morgan fingerprint density at radius 2 is 1.93 bits per heavy atom. The number of nitrogens with one attached hydrogen (secondary N) is 1. The quantitative estimate of drug-likeness (QED) is 0.719. The predicted octanol–water partition coefficient (Wildman–Crippen LogP) is 4.37. The summed E-state index contributed by atoms with van der Waals surface area (Å²) in [6, 6.07) is 9.89. The molecule has 0 unspecified atom stereocenters. The van der Waals surface area contributed by atoms with Crippen LogP contribution in [0.5, 0.6) is 0 Å². The topological polar surface area (TPSA) is 44.8 Å². The molecule has 5 nitrogen and oxygen atoms in total. The lowest BCUT2D eigenvalue weighted by Gasteiger charge is -2.28. The van der Waals surface area contributed by atoms with E-state index in [9.17, 15) is 13.6 Å². The van der Waals surface area contributed by atoms with Gasteiger partial charge in [-0.15, -0.1) is 0 Å². The second kappa shape index (κ2) is 10.5. The number of anilines is 1. The molecular weight excluding hydrogens is 400 g/mol. The van der Waals surface area contributed by atoms with E-state index in [4.69, 9.17) is 16.3 Å². The van der Waals surface area contributed by atoms with Crippen molar-refractivity contribution in [1.82, 2.24) is 9.80 Å². The first-order valence-electron chi connectivity index (χ1n) is 9.57. The van der Waals surface area contributed by atoms with Crippen LogP contribution in [0.3, 0.4) is 0 Å². The summed E-state index contributed by atoms with van der Waals surface area (Å²) >= 11 is 6.25. The van der Waals surface area contributed by atoms with Crippen LogP contribution in [0.1, 0.15) is 12.0 Å². The van der Waals surface area contributed by atoms with Crippen molar-refractivity contribution in [3.8, 4) is 0 Å². The standard InChI is InChI=1S/C21H24ClF2N3O2/c22-18-5-2-1-4-16(18)15-27(9-3-8-26-10-12-29-13-11-26)21(28)25-20-7-6-17(23)14-19(20)24/h1-2,4-7,14H,3,8-13,15H2,(H,25,28). The molecule has 3 rings (SSSR count). The second-order valence-electron chi connectivity index (χ2n) is 6.87. The van der Waals surface area contributed by atoms with E-state index in [-0.39, 0.29) is 12.2 Å². The molecule has 29 heavy (non-hydrogen) atoms. The molecule has 156 valence electrons. The molecule has 2 aromatic carbocycles. The molecule has 0 aliphatic carbocycles. The maximum atomic E-state index is 13.9. The molecule has 1 saturated heterocycles. The van der Waals surface area contributed by atoms with Crippen LogP contribution in [-0.2, 0) is 11.3 Å². The largest absolute Gasteiger partial charge is 0.379 e. The number of benzene rings is 2. The number of amides is 2. The Labute approximate surface area is 174 Å². The average molecular weight is 424 g/mol. The van der Waals surface area contributed by atoms with Crippen molar-refractivity contribution in [3.05, 3.63) is 64.7 Å². The van der Waals surface area contributed by atoms with Crippen molar-refractivity contribution in [2.24, 2.45) is 0 Å².